The lowest BCUT2D eigenvalue weighted by Crippen LogP contribution is -2.20. The van der Waals surface area contributed by atoms with Crippen molar-refractivity contribution in [2.75, 3.05) is 31.7 Å². The minimum absolute atomic E-state index is 0.722. The van der Waals surface area contributed by atoms with Crippen LogP contribution in [0.25, 0.3) is 10.1 Å². The summed E-state index contributed by atoms with van der Waals surface area (Å²) < 4.78 is 6.30. The highest BCUT2D eigenvalue weighted by molar-refractivity contribution is 7.17. The predicted molar refractivity (Wildman–Crippen MR) is 83.4 cm³/mol. The van der Waals surface area contributed by atoms with E-state index < -0.39 is 0 Å². The van der Waals surface area contributed by atoms with E-state index in [1.807, 2.05) is 6.07 Å². The van der Waals surface area contributed by atoms with Crippen molar-refractivity contribution in [1.29, 1.82) is 5.26 Å². The van der Waals surface area contributed by atoms with Gasteiger partial charge in [0.2, 0.25) is 0 Å². The molecule has 1 atom stereocenters. The van der Waals surface area contributed by atoms with E-state index in [2.05, 4.69) is 28.5 Å². The maximum Gasteiger partial charge on any atom is 0.101 e. The van der Waals surface area contributed by atoms with Gasteiger partial charge in [-0.3, -0.25) is 0 Å². The highest BCUT2D eigenvalue weighted by atomic mass is 32.1. The monoisotopic (exact) mass is 286 g/mol. The highest BCUT2D eigenvalue weighted by Crippen LogP contribution is 2.36. The van der Waals surface area contributed by atoms with Crippen LogP contribution in [-0.2, 0) is 4.74 Å². The Labute approximate surface area is 123 Å². The van der Waals surface area contributed by atoms with E-state index in [0.717, 1.165) is 42.3 Å². The Hall–Kier alpha value is -1.57. The minimum atomic E-state index is 0.722. The lowest BCUT2D eigenvalue weighted by atomic mass is 10.1. The fraction of sp³-hybridized carbons (Fsp3) is 0.438. The van der Waals surface area contributed by atoms with Crippen LogP contribution in [0, 0.1) is 17.2 Å². The topological polar surface area (TPSA) is 36.3 Å². The summed E-state index contributed by atoms with van der Waals surface area (Å²) in [6, 6.07) is 8.48. The first-order chi connectivity index (χ1) is 9.83. The minimum Gasteiger partial charge on any atom is -0.385 e. The zero-order valence-corrected chi connectivity index (χ0v) is 12.4. The van der Waals surface area contributed by atoms with E-state index in [9.17, 15) is 5.26 Å². The van der Waals surface area contributed by atoms with Gasteiger partial charge in [-0.25, -0.2) is 0 Å². The smallest absolute Gasteiger partial charge is 0.101 e. The maximum absolute atomic E-state index is 9.18. The average Bonchev–Trinajstić information content (AvgIpc) is 3.13. The molecule has 0 spiro atoms. The molecule has 0 radical (unpaired) electrons. The average molecular weight is 286 g/mol. The number of hydrogen-bond acceptors (Lipinski definition) is 4. The molecule has 104 valence electrons. The van der Waals surface area contributed by atoms with E-state index in [1.165, 1.54) is 17.5 Å². The van der Waals surface area contributed by atoms with Crippen molar-refractivity contribution >= 4 is 27.1 Å². The van der Waals surface area contributed by atoms with E-state index in [4.69, 9.17) is 4.74 Å². The van der Waals surface area contributed by atoms with Crippen molar-refractivity contribution in [3.8, 4) is 6.07 Å². The zero-order valence-electron chi connectivity index (χ0n) is 11.6. The molecule has 1 unspecified atom stereocenters. The Morgan fingerprint density at radius 1 is 1.45 bits per heavy atom. The van der Waals surface area contributed by atoms with E-state index >= 15 is 0 Å². The Morgan fingerprint density at radius 2 is 2.35 bits per heavy atom. The number of nitriles is 1. The molecule has 1 fully saturated rings. The van der Waals surface area contributed by atoms with E-state index in [-0.39, 0.29) is 0 Å². The summed E-state index contributed by atoms with van der Waals surface area (Å²) in [5.74, 6) is 0.722. The van der Waals surface area contributed by atoms with Gasteiger partial charge < -0.3 is 9.64 Å². The number of benzene rings is 1. The quantitative estimate of drug-likeness (QED) is 0.861. The van der Waals surface area contributed by atoms with Gasteiger partial charge in [0.05, 0.1) is 10.3 Å². The lowest BCUT2D eigenvalue weighted by Gasteiger charge is -2.20. The molecule has 4 heteroatoms. The summed E-state index contributed by atoms with van der Waals surface area (Å²) in [5, 5.41) is 12.5. The Kier molecular flexibility index (Phi) is 3.90. The maximum atomic E-state index is 9.18. The fourth-order valence-corrected chi connectivity index (χ4v) is 3.86. The standard InChI is InChI=1S/C16H18N2OS/c1-19-8-5-12-4-7-18(11-12)15-3-2-13(10-17)16-14(15)6-9-20-16/h2-3,6,9,12H,4-5,7-8,11H2,1H3. The van der Waals surface area contributed by atoms with Gasteiger partial charge in [-0.2, -0.15) is 5.26 Å². The van der Waals surface area contributed by atoms with E-state index in [0.29, 0.717) is 0 Å². The van der Waals surface area contributed by atoms with Crippen LogP contribution in [0.1, 0.15) is 18.4 Å². The van der Waals surface area contributed by atoms with Crippen molar-refractivity contribution in [3.05, 3.63) is 29.1 Å². The highest BCUT2D eigenvalue weighted by Gasteiger charge is 2.24. The number of rotatable bonds is 4. The number of fused-ring (bicyclic) bond motifs is 1. The molecule has 1 saturated heterocycles. The van der Waals surface area contributed by atoms with Gasteiger partial charge in [0, 0.05) is 37.9 Å². The van der Waals surface area contributed by atoms with Crippen LogP contribution in [-0.4, -0.2) is 26.8 Å². The second-order valence-corrected chi connectivity index (χ2v) is 6.21. The Balaban J connectivity index is 1.85. The van der Waals surface area contributed by atoms with Crippen LogP contribution < -0.4 is 4.90 Å². The molecule has 20 heavy (non-hydrogen) atoms. The third kappa shape index (κ3) is 2.39. The second-order valence-electron chi connectivity index (χ2n) is 5.29. The summed E-state index contributed by atoms with van der Waals surface area (Å²) in [7, 11) is 1.77. The normalized spacial score (nSPS) is 18.6. The van der Waals surface area contributed by atoms with Crippen LogP contribution in [0.3, 0.4) is 0 Å². The molecular weight excluding hydrogens is 268 g/mol. The molecule has 2 aromatic rings. The number of hydrogen-bond donors (Lipinski definition) is 0. The number of anilines is 1. The van der Waals surface area contributed by atoms with Crippen LogP contribution in [0.5, 0.6) is 0 Å². The van der Waals surface area contributed by atoms with E-state index in [1.54, 1.807) is 18.4 Å². The van der Waals surface area contributed by atoms with Crippen LogP contribution in [0.2, 0.25) is 0 Å². The second kappa shape index (κ2) is 5.82. The van der Waals surface area contributed by atoms with Gasteiger partial charge in [0.15, 0.2) is 0 Å². The van der Waals surface area contributed by atoms with Crippen LogP contribution >= 0.6 is 11.3 Å². The van der Waals surface area contributed by atoms with Crippen LogP contribution in [0.15, 0.2) is 23.6 Å². The van der Waals surface area contributed by atoms with Crippen LogP contribution in [0.4, 0.5) is 5.69 Å². The number of thiophene rings is 1. The van der Waals surface area contributed by atoms with Gasteiger partial charge >= 0.3 is 0 Å². The lowest BCUT2D eigenvalue weighted by molar-refractivity contribution is 0.180. The summed E-state index contributed by atoms with van der Waals surface area (Å²) in [6.07, 6.45) is 2.37. The molecule has 0 bridgehead atoms. The predicted octanol–water partition coefficient (Wildman–Crippen LogP) is 3.64. The first-order valence-corrected chi connectivity index (χ1v) is 7.85. The third-order valence-electron chi connectivity index (χ3n) is 4.07. The van der Waals surface area contributed by atoms with Crippen molar-refractivity contribution < 1.29 is 4.74 Å². The SMILES string of the molecule is COCCC1CCN(c2ccc(C#N)c3sccc23)C1. The molecule has 1 aromatic carbocycles. The molecule has 0 N–H and O–H groups in total. The van der Waals surface area contributed by atoms with Gasteiger partial charge in [-0.1, -0.05) is 0 Å². The number of methoxy groups -OCH3 is 1. The molecule has 0 amide bonds. The number of ether oxygens (including phenoxy) is 1. The van der Waals surface area contributed by atoms with Crippen molar-refractivity contribution in [2.45, 2.75) is 12.8 Å². The molecular formula is C16H18N2OS. The third-order valence-corrected chi connectivity index (χ3v) is 5.02. The zero-order chi connectivity index (χ0) is 13.9. The van der Waals surface area contributed by atoms with Crippen molar-refractivity contribution in [2.24, 2.45) is 5.92 Å². The fourth-order valence-electron chi connectivity index (χ4n) is 2.98. The molecule has 0 aliphatic carbocycles. The number of nitrogens with zero attached hydrogens (tertiary/aromatic N) is 2. The van der Waals surface area contributed by atoms with Gasteiger partial charge in [-0.05, 0) is 42.3 Å². The van der Waals surface area contributed by atoms with Crippen molar-refractivity contribution in [1.82, 2.24) is 0 Å². The Bertz CT molecular complexity index is 643. The summed E-state index contributed by atoms with van der Waals surface area (Å²) in [4.78, 5) is 2.45. The molecule has 1 aliphatic rings. The molecule has 1 aliphatic heterocycles. The molecule has 3 nitrogen and oxygen atoms in total. The summed E-state index contributed by atoms with van der Waals surface area (Å²) >= 11 is 1.66. The first kappa shape index (κ1) is 13.4. The van der Waals surface area contributed by atoms with Crippen molar-refractivity contribution in [3.63, 3.8) is 0 Å². The molecule has 0 saturated carbocycles. The first-order valence-electron chi connectivity index (χ1n) is 6.97. The molecule has 1 aromatic heterocycles. The summed E-state index contributed by atoms with van der Waals surface area (Å²) in [5.41, 5.74) is 2.06. The largest absolute Gasteiger partial charge is 0.385 e. The van der Waals surface area contributed by atoms with Gasteiger partial charge in [-0.15, -0.1) is 11.3 Å². The Morgan fingerprint density at radius 3 is 3.15 bits per heavy atom. The van der Waals surface area contributed by atoms with Gasteiger partial charge in [0.25, 0.3) is 0 Å². The van der Waals surface area contributed by atoms with Gasteiger partial charge in [0.1, 0.15) is 6.07 Å². The summed E-state index contributed by atoms with van der Waals surface area (Å²) in [6.45, 7) is 3.05. The molecule has 3 rings (SSSR count). The molecule has 2 heterocycles.